The number of hydrogen-bond donors (Lipinski definition) is 0. The van der Waals surface area contributed by atoms with Gasteiger partial charge in [0.05, 0.1) is 29.7 Å². The predicted octanol–water partition coefficient (Wildman–Crippen LogP) is 4.41. The van der Waals surface area contributed by atoms with E-state index in [0.717, 1.165) is 54.5 Å². The van der Waals surface area contributed by atoms with Crippen LogP contribution in [0.25, 0.3) is 11.1 Å². The number of hydrogen-bond acceptors (Lipinski definition) is 5. The lowest BCUT2D eigenvalue weighted by Gasteiger charge is -2.28. The minimum atomic E-state index is -0.181. The first-order chi connectivity index (χ1) is 14.7. The van der Waals surface area contributed by atoms with E-state index in [1.54, 1.807) is 6.07 Å². The SMILES string of the molecule is N#CN=C1c2cc(-c3cccc(C#N)c3)ccc2CC12CCCc1cnncc1C2. The highest BCUT2D eigenvalue weighted by atomic mass is 15.1. The average molecular weight is 389 g/mol. The number of benzene rings is 2. The second-order valence-electron chi connectivity index (χ2n) is 8.15. The van der Waals surface area contributed by atoms with Gasteiger partial charge in [0, 0.05) is 11.0 Å². The molecule has 0 N–H and O–H groups in total. The Bertz CT molecular complexity index is 1260. The number of nitriles is 2. The molecule has 5 heteroatoms. The molecule has 0 fully saturated rings. The molecule has 0 amide bonds. The maximum absolute atomic E-state index is 9.49. The van der Waals surface area contributed by atoms with E-state index in [2.05, 4.69) is 45.7 Å². The quantitative estimate of drug-likeness (QED) is 0.577. The zero-order valence-electron chi connectivity index (χ0n) is 16.5. The molecule has 1 atom stereocenters. The third-order valence-corrected chi connectivity index (χ3v) is 6.42. The van der Waals surface area contributed by atoms with Crippen LogP contribution < -0.4 is 0 Å². The van der Waals surface area contributed by atoms with Crippen LogP contribution in [0.1, 0.15) is 40.7 Å². The summed E-state index contributed by atoms with van der Waals surface area (Å²) in [4.78, 5) is 4.36. The van der Waals surface area contributed by atoms with E-state index in [-0.39, 0.29) is 5.41 Å². The molecule has 1 heterocycles. The molecule has 0 aliphatic heterocycles. The molecule has 1 spiro atoms. The maximum Gasteiger partial charge on any atom is 0.205 e. The molecule has 144 valence electrons. The monoisotopic (exact) mass is 389 g/mol. The zero-order valence-corrected chi connectivity index (χ0v) is 16.5. The molecule has 2 aromatic carbocycles. The van der Waals surface area contributed by atoms with Crippen LogP contribution in [0.15, 0.2) is 59.9 Å². The summed E-state index contributed by atoms with van der Waals surface area (Å²) in [7, 11) is 0. The normalized spacial score (nSPS) is 20.8. The van der Waals surface area contributed by atoms with Crippen molar-refractivity contribution < 1.29 is 0 Å². The van der Waals surface area contributed by atoms with Crippen molar-refractivity contribution >= 4 is 5.71 Å². The van der Waals surface area contributed by atoms with Gasteiger partial charge < -0.3 is 0 Å². The second kappa shape index (κ2) is 7.21. The lowest BCUT2D eigenvalue weighted by Crippen LogP contribution is -2.31. The molecule has 30 heavy (non-hydrogen) atoms. The Morgan fingerprint density at radius 3 is 2.53 bits per heavy atom. The molecule has 5 rings (SSSR count). The maximum atomic E-state index is 9.49. The van der Waals surface area contributed by atoms with Crippen LogP contribution in [0.5, 0.6) is 0 Å². The molecule has 5 nitrogen and oxygen atoms in total. The average Bonchev–Trinajstić information content (AvgIpc) is 2.94. The molecular weight excluding hydrogens is 370 g/mol. The molecule has 3 aromatic rings. The lowest BCUT2D eigenvalue weighted by atomic mass is 9.75. The van der Waals surface area contributed by atoms with Gasteiger partial charge in [-0.3, -0.25) is 0 Å². The van der Waals surface area contributed by atoms with Gasteiger partial charge in [-0.15, -0.1) is 0 Å². The van der Waals surface area contributed by atoms with Crippen molar-refractivity contribution in [1.29, 1.82) is 10.5 Å². The summed E-state index contributed by atoms with van der Waals surface area (Å²) in [6.45, 7) is 0. The summed E-state index contributed by atoms with van der Waals surface area (Å²) in [5, 5.41) is 26.9. The molecule has 1 unspecified atom stereocenters. The Balaban J connectivity index is 1.61. The van der Waals surface area contributed by atoms with E-state index in [0.29, 0.717) is 5.56 Å². The van der Waals surface area contributed by atoms with Gasteiger partial charge in [0.2, 0.25) is 6.19 Å². The van der Waals surface area contributed by atoms with Crippen molar-refractivity contribution in [2.75, 3.05) is 0 Å². The van der Waals surface area contributed by atoms with E-state index in [1.807, 2.05) is 30.6 Å². The Kier molecular flexibility index (Phi) is 4.38. The van der Waals surface area contributed by atoms with Crippen LogP contribution in [0.4, 0.5) is 0 Å². The zero-order chi connectivity index (χ0) is 20.6. The van der Waals surface area contributed by atoms with Crippen molar-refractivity contribution in [2.24, 2.45) is 10.4 Å². The van der Waals surface area contributed by atoms with Crippen molar-refractivity contribution in [3.63, 3.8) is 0 Å². The minimum Gasteiger partial charge on any atom is -0.192 e. The van der Waals surface area contributed by atoms with Crippen LogP contribution >= 0.6 is 0 Å². The van der Waals surface area contributed by atoms with Gasteiger partial charge in [-0.2, -0.15) is 25.7 Å². The highest BCUT2D eigenvalue weighted by molar-refractivity contribution is 6.10. The van der Waals surface area contributed by atoms with E-state index in [4.69, 9.17) is 0 Å². The van der Waals surface area contributed by atoms with Crippen molar-refractivity contribution in [2.45, 2.75) is 32.1 Å². The Morgan fingerprint density at radius 1 is 0.900 bits per heavy atom. The highest BCUT2D eigenvalue weighted by Crippen LogP contribution is 2.46. The summed E-state index contributed by atoms with van der Waals surface area (Å²) >= 11 is 0. The highest BCUT2D eigenvalue weighted by Gasteiger charge is 2.44. The molecule has 2 aliphatic rings. The van der Waals surface area contributed by atoms with Gasteiger partial charge in [0.25, 0.3) is 0 Å². The van der Waals surface area contributed by atoms with Crippen molar-refractivity contribution in [3.05, 3.63) is 82.7 Å². The lowest BCUT2D eigenvalue weighted by molar-refractivity contribution is 0.391. The standard InChI is InChI=1S/C25H19N5/c26-13-17-3-1-4-18(9-17)19-6-7-20-11-25(24(28-16-27)23(20)10-19)8-2-5-21-14-29-30-15-22(21)12-25/h1,3-4,6-7,9-10,14-15H,2,5,8,11-12H2. The number of nitrogens with zero attached hydrogens (tertiary/aromatic N) is 5. The van der Waals surface area contributed by atoms with E-state index in [9.17, 15) is 10.5 Å². The number of fused-ring (bicyclic) bond motifs is 2. The van der Waals surface area contributed by atoms with Crippen LogP contribution in [0.2, 0.25) is 0 Å². The van der Waals surface area contributed by atoms with E-state index in [1.165, 1.54) is 16.7 Å². The Hall–Kier alpha value is -3.83. The molecule has 2 aliphatic carbocycles. The molecular formula is C25H19N5. The first-order valence-electron chi connectivity index (χ1n) is 10.1. The smallest absolute Gasteiger partial charge is 0.192 e. The summed E-state index contributed by atoms with van der Waals surface area (Å²) in [5.41, 5.74) is 8.13. The summed E-state index contributed by atoms with van der Waals surface area (Å²) < 4.78 is 0. The van der Waals surface area contributed by atoms with E-state index < -0.39 is 0 Å². The van der Waals surface area contributed by atoms with Crippen LogP contribution in [0, 0.1) is 28.2 Å². The molecule has 0 bridgehead atoms. The summed E-state index contributed by atoms with van der Waals surface area (Å²) in [6, 6.07) is 16.2. The predicted molar refractivity (Wildman–Crippen MR) is 114 cm³/mol. The van der Waals surface area contributed by atoms with Gasteiger partial charge >= 0.3 is 0 Å². The summed E-state index contributed by atoms with van der Waals surface area (Å²) in [6.07, 6.45) is 10.5. The third kappa shape index (κ3) is 2.96. The van der Waals surface area contributed by atoms with Gasteiger partial charge in [-0.1, -0.05) is 24.3 Å². The van der Waals surface area contributed by atoms with Gasteiger partial charge in [0.1, 0.15) is 0 Å². The van der Waals surface area contributed by atoms with Gasteiger partial charge in [-0.05, 0) is 78.1 Å². The fourth-order valence-corrected chi connectivity index (χ4v) is 5.04. The summed E-state index contributed by atoms with van der Waals surface area (Å²) in [5.74, 6) is 0. The fraction of sp³-hybridized carbons (Fsp3) is 0.240. The fourth-order valence-electron chi connectivity index (χ4n) is 5.04. The first-order valence-corrected chi connectivity index (χ1v) is 10.1. The largest absolute Gasteiger partial charge is 0.205 e. The van der Waals surface area contributed by atoms with Gasteiger partial charge in [-0.25, -0.2) is 0 Å². The van der Waals surface area contributed by atoms with Crippen LogP contribution in [0.3, 0.4) is 0 Å². The van der Waals surface area contributed by atoms with Crippen LogP contribution in [-0.4, -0.2) is 15.9 Å². The molecule has 0 radical (unpaired) electrons. The number of aryl methyl sites for hydroxylation is 1. The molecule has 0 saturated carbocycles. The first kappa shape index (κ1) is 18.2. The van der Waals surface area contributed by atoms with Crippen molar-refractivity contribution in [3.8, 4) is 23.4 Å². The number of aromatic nitrogens is 2. The Morgan fingerprint density at radius 2 is 1.70 bits per heavy atom. The van der Waals surface area contributed by atoms with Crippen molar-refractivity contribution in [1.82, 2.24) is 10.2 Å². The van der Waals surface area contributed by atoms with E-state index >= 15 is 0 Å². The van der Waals surface area contributed by atoms with Crippen LogP contribution in [-0.2, 0) is 19.3 Å². The number of aliphatic imine (C=N–C) groups is 1. The minimum absolute atomic E-state index is 0.181. The number of rotatable bonds is 1. The third-order valence-electron chi connectivity index (χ3n) is 6.42. The molecule has 0 saturated heterocycles. The Labute approximate surface area is 175 Å². The second-order valence-corrected chi connectivity index (χ2v) is 8.15. The van der Waals surface area contributed by atoms with Gasteiger partial charge in [0.15, 0.2) is 0 Å². The molecule has 1 aromatic heterocycles. The topological polar surface area (TPSA) is 85.7 Å².